The van der Waals surface area contributed by atoms with E-state index in [0.717, 1.165) is 11.3 Å². The Morgan fingerprint density at radius 3 is 2.87 bits per heavy atom. The molecule has 15 heavy (non-hydrogen) atoms. The van der Waals surface area contributed by atoms with Crippen LogP contribution >= 0.6 is 0 Å². The number of hydrogen-bond donors (Lipinski definition) is 0. The van der Waals surface area contributed by atoms with Crippen LogP contribution in [0.3, 0.4) is 0 Å². The molecule has 4 nitrogen and oxygen atoms in total. The number of hydrogen-bond acceptors (Lipinski definition) is 3. The van der Waals surface area contributed by atoms with Crippen LogP contribution in [0.15, 0.2) is 41.5 Å². The largest absolute Gasteiger partial charge is 0.268 e. The fraction of sp³-hybridized carbons (Fsp3) is 0.182. The molecule has 0 atom stereocenters. The van der Waals surface area contributed by atoms with Gasteiger partial charge in [0.2, 0.25) is 0 Å². The molecule has 2 rings (SSSR count). The molecule has 0 aliphatic carbocycles. The van der Waals surface area contributed by atoms with E-state index in [0.29, 0.717) is 6.54 Å². The van der Waals surface area contributed by atoms with Crippen molar-refractivity contribution in [3.8, 4) is 11.3 Å². The Morgan fingerprint density at radius 1 is 1.33 bits per heavy atom. The predicted octanol–water partition coefficient (Wildman–Crippen LogP) is 1.33. The van der Waals surface area contributed by atoms with E-state index in [2.05, 4.69) is 10.1 Å². The van der Waals surface area contributed by atoms with Crippen molar-refractivity contribution in [2.45, 2.75) is 13.5 Å². The van der Waals surface area contributed by atoms with Gasteiger partial charge in [-0.1, -0.05) is 0 Å². The van der Waals surface area contributed by atoms with Gasteiger partial charge < -0.3 is 0 Å². The summed E-state index contributed by atoms with van der Waals surface area (Å²) in [5.41, 5.74) is 1.61. The first kappa shape index (κ1) is 9.58. The van der Waals surface area contributed by atoms with Crippen LogP contribution in [0.1, 0.15) is 6.92 Å². The quantitative estimate of drug-likeness (QED) is 0.736. The highest BCUT2D eigenvalue weighted by molar-refractivity contribution is 5.56. The average molecular weight is 201 g/mol. The van der Waals surface area contributed by atoms with Gasteiger partial charge in [0.25, 0.3) is 5.56 Å². The molecule has 0 aliphatic heterocycles. The number of rotatable bonds is 2. The monoisotopic (exact) mass is 201 g/mol. The molecule has 0 bridgehead atoms. The van der Waals surface area contributed by atoms with Crippen LogP contribution in [0, 0.1) is 0 Å². The zero-order valence-electron chi connectivity index (χ0n) is 8.42. The maximum atomic E-state index is 11.3. The van der Waals surface area contributed by atoms with Crippen LogP contribution in [-0.2, 0) is 6.54 Å². The first-order chi connectivity index (χ1) is 7.31. The van der Waals surface area contributed by atoms with Crippen LogP contribution in [-0.4, -0.2) is 14.8 Å². The van der Waals surface area contributed by atoms with Gasteiger partial charge in [0.05, 0.1) is 5.69 Å². The highest BCUT2D eigenvalue weighted by Crippen LogP contribution is 2.12. The second kappa shape index (κ2) is 4.04. The third kappa shape index (κ3) is 1.93. The summed E-state index contributed by atoms with van der Waals surface area (Å²) in [7, 11) is 0. The Morgan fingerprint density at radius 2 is 2.20 bits per heavy atom. The molecule has 0 saturated heterocycles. The third-order valence-corrected chi connectivity index (χ3v) is 2.12. The first-order valence-electron chi connectivity index (χ1n) is 4.80. The number of pyridine rings is 1. The van der Waals surface area contributed by atoms with E-state index in [4.69, 9.17) is 0 Å². The van der Waals surface area contributed by atoms with E-state index in [1.165, 1.54) is 10.7 Å². The number of aryl methyl sites for hydroxylation is 1. The second-order valence-electron chi connectivity index (χ2n) is 3.11. The number of aromatic nitrogens is 3. The summed E-state index contributed by atoms with van der Waals surface area (Å²) in [5, 5.41) is 4.23. The van der Waals surface area contributed by atoms with E-state index in [1.54, 1.807) is 18.5 Å². The zero-order chi connectivity index (χ0) is 10.7. The molecule has 4 heteroatoms. The first-order valence-corrected chi connectivity index (χ1v) is 4.80. The molecule has 0 aromatic carbocycles. The van der Waals surface area contributed by atoms with Gasteiger partial charge in [-0.05, 0) is 25.1 Å². The van der Waals surface area contributed by atoms with Crippen LogP contribution in [0.5, 0.6) is 0 Å². The van der Waals surface area contributed by atoms with Crippen LogP contribution < -0.4 is 5.56 Å². The topological polar surface area (TPSA) is 47.8 Å². The van der Waals surface area contributed by atoms with Crippen LogP contribution in [0.2, 0.25) is 0 Å². The van der Waals surface area contributed by atoms with E-state index in [1.807, 2.05) is 19.1 Å². The highest BCUT2D eigenvalue weighted by atomic mass is 16.1. The summed E-state index contributed by atoms with van der Waals surface area (Å²) in [5.74, 6) is 0. The number of nitrogens with zero attached hydrogens (tertiary/aromatic N) is 3. The lowest BCUT2D eigenvalue weighted by atomic mass is 10.2. The van der Waals surface area contributed by atoms with Crippen molar-refractivity contribution in [2.24, 2.45) is 0 Å². The van der Waals surface area contributed by atoms with E-state index >= 15 is 0 Å². The lowest BCUT2D eigenvalue weighted by Crippen LogP contribution is -2.20. The van der Waals surface area contributed by atoms with Gasteiger partial charge in [-0.25, -0.2) is 4.68 Å². The lowest BCUT2D eigenvalue weighted by molar-refractivity contribution is 0.619. The molecule has 0 N–H and O–H groups in total. The lowest BCUT2D eigenvalue weighted by Gasteiger charge is -2.03. The Labute approximate surface area is 87.2 Å². The molecular formula is C11H11N3O. The molecule has 0 unspecified atom stereocenters. The Hall–Kier alpha value is -1.97. The van der Waals surface area contributed by atoms with E-state index in [-0.39, 0.29) is 5.56 Å². The molecular weight excluding hydrogens is 190 g/mol. The van der Waals surface area contributed by atoms with Gasteiger partial charge in [0.15, 0.2) is 0 Å². The van der Waals surface area contributed by atoms with Gasteiger partial charge in [0, 0.05) is 30.6 Å². The van der Waals surface area contributed by atoms with Gasteiger partial charge in [0.1, 0.15) is 0 Å². The van der Waals surface area contributed by atoms with Crippen molar-refractivity contribution >= 4 is 0 Å². The van der Waals surface area contributed by atoms with Crippen molar-refractivity contribution in [1.82, 2.24) is 14.8 Å². The molecule has 2 heterocycles. The molecule has 0 aliphatic rings. The predicted molar refractivity (Wildman–Crippen MR) is 57.4 cm³/mol. The minimum atomic E-state index is -0.0786. The summed E-state index contributed by atoms with van der Waals surface area (Å²) in [6.07, 6.45) is 3.44. The fourth-order valence-corrected chi connectivity index (χ4v) is 1.34. The maximum Gasteiger partial charge on any atom is 0.266 e. The molecule has 2 aromatic rings. The maximum absolute atomic E-state index is 11.3. The Balaban J connectivity index is 2.51. The van der Waals surface area contributed by atoms with Crippen LogP contribution in [0.25, 0.3) is 11.3 Å². The fourth-order valence-electron chi connectivity index (χ4n) is 1.34. The smallest absolute Gasteiger partial charge is 0.266 e. The standard InChI is InChI=1S/C11H11N3O/c1-2-14-11(15)6-5-10(13-14)9-4-3-7-12-8-9/h3-8H,2H2,1H3. The van der Waals surface area contributed by atoms with E-state index in [9.17, 15) is 4.79 Å². The summed E-state index contributed by atoms with van der Waals surface area (Å²) in [6, 6.07) is 7.00. The minimum Gasteiger partial charge on any atom is -0.268 e. The molecule has 76 valence electrons. The van der Waals surface area contributed by atoms with Crippen molar-refractivity contribution in [1.29, 1.82) is 0 Å². The SMILES string of the molecule is CCn1nc(-c2cccnc2)ccc1=O. The van der Waals surface area contributed by atoms with Gasteiger partial charge in [-0.2, -0.15) is 5.10 Å². The van der Waals surface area contributed by atoms with Crippen molar-refractivity contribution < 1.29 is 0 Å². The molecule has 0 spiro atoms. The Kier molecular flexibility index (Phi) is 2.58. The second-order valence-corrected chi connectivity index (χ2v) is 3.11. The normalized spacial score (nSPS) is 10.2. The summed E-state index contributed by atoms with van der Waals surface area (Å²) < 4.78 is 1.43. The van der Waals surface area contributed by atoms with Gasteiger partial charge in [-0.15, -0.1) is 0 Å². The highest BCUT2D eigenvalue weighted by Gasteiger charge is 2.01. The molecule has 0 radical (unpaired) electrons. The molecule has 0 amide bonds. The summed E-state index contributed by atoms with van der Waals surface area (Å²) >= 11 is 0. The zero-order valence-corrected chi connectivity index (χ0v) is 8.42. The third-order valence-electron chi connectivity index (χ3n) is 2.12. The van der Waals surface area contributed by atoms with Crippen LogP contribution in [0.4, 0.5) is 0 Å². The van der Waals surface area contributed by atoms with Gasteiger partial charge in [-0.3, -0.25) is 9.78 Å². The van der Waals surface area contributed by atoms with Crippen molar-refractivity contribution in [3.05, 3.63) is 47.0 Å². The van der Waals surface area contributed by atoms with Crippen molar-refractivity contribution in [3.63, 3.8) is 0 Å². The molecule has 0 fully saturated rings. The van der Waals surface area contributed by atoms with E-state index < -0.39 is 0 Å². The summed E-state index contributed by atoms with van der Waals surface area (Å²) in [6.45, 7) is 2.47. The Bertz CT molecular complexity index is 505. The minimum absolute atomic E-state index is 0.0786. The molecule has 0 saturated carbocycles. The average Bonchev–Trinajstić information content (AvgIpc) is 2.31. The summed E-state index contributed by atoms with van der Waals surface area (Å²) in [4.78, 5) is 15.3. The van der Waals surface area contributed by atoms with Crippen molar-refractivity contribution in [2.75, 3.05) is 0 Å². The van der Waals surface area contributed by atoms with Gasteiger partial charge >= 0.3 is 0 Å². The molecule has 2 aromatic heterocycles.